The molecular formula is C25H49F3O3S. The summed E-state index contributed by atoms with van der Waals surface area (Å²) < 4.78 is 74.5. The summed E-state index contributed by atoms with van der Waals surface area (Å²) in [6, 6.07) is 0. The van der Waals surface area contributed by atoms with E-state index in [-0.39, 0.29) is 12.8 Å². The van der Waals surface area contributed by atoms with Crippen LogP contribution in [-0.4, -0.2) is 23.9 Å². The van der Waals surface area contributed by atoms with Crippen LogP contribution in [0.4, 0.5) is 13.2 Å². The van der Waals surface area contributed by atoms with Crippen molar-refractivity contribution in [1.29, 1.82) is 0 Å². The van der Waals surface area contributed by atoms with E-state index in [1.54, 1.807) is 0 Å². The van der Waals surface area contributed by atoms with E-state index in [0.717, 1.165) is 32.1 Å². The predicted molar refractivity (Wildman–Crippen MR) is 129 cm³/mol. The van der Waals surface area contributed by atoms with E-state index in [9.17, 15) is 17.2 Å². The first-order chi connectivity index (χ1) is 15.1. The van der Waals surface area contributed by atoms with Crippen LogP contribution in [0.1, 0.15) is 149 Å². The molecule has 0 heterocycles. The molecule has 32 heavy (non-hydrogen) atoms. The van der Waals surface area contributed by atoms with Gasteiger partial charge in [-0.1, -0.05) is 123 Å². The summed E-state index contributed by atoms with van der Waals surface area (Å²) in [5, 5.41) is -4.76. The molecule has 0 aromatic heterocycles. The normalized spacial score (nSPS) is 14.6. The van der Waals surface area contributed by atoms with Gasteiger partial charge in [0.2, 0.25) is 0 Å². The first-order valence-electron chi connectivity index (χ1n) is 13.2. The number of hydrogen-bond acceptors (Lipinski definition) is 2. The van der Waals surface area contributed by atoms with Gasteiger partial charge in [-0.05, 0) is 25.7 Å². The van der Waals surface area contributed by atoms with Gasteiger partial charge in [0.05, 0.1) is 0 Å². The zero-order valence-electron chi connectivity index (χ0n) is 20.7. The standard InChI is InChI=1S/C25H49F3O3S/c1-3-5-7-9-10-11-12-13-14-15-16-17-18-19-21-23-24(26,22-20-8-6-4-2)25(27,28)32(29,30)31/h3-23H2,1-2H3,(H,29,30,31). The van der Waals surface area contributed by atoms with Crippen LogP contribution in [-0.2, 0) is 10.1 Å². The van der Waals surface area contributed by atoms with Gasteiger partial charge in [0, 0.05) is 0 Å². The quantitative estimate of drug-likeness (QED) is 0.116. The fourth-order valence-electron chi connectivity index (χ4n) is 4.26. The van der Waals surface area contributed by atoms with Crippen LogP contribution in [0, 0.1) is 0 Å². The maximum atomic E-state index is 15.1. The molecule has 3 nitrogen and oxygen atoms in total. The second-order valence-corrected chi connectivity index (χ2v) is 10.9. The number of unbranched alkanes of at least 4 members (excludes halogenated alkanes) is 17. The van der Waals surface area contributed by atoms with Crippen LogP contribution in [0.5, 0.6) is 0 Å². The van der Waals surface area contributed by atoms with Gasteiger partial charge in [-0.15, -0.1) is 0 Å². The Morgan fingerprint density at radius 3 is 1.06 bits per heavy atom. The largest absolute Gasteiger partial charge is 0.402 e. The number of alkyl halides is 3. The predicted octanol–water partition coefficient (Wildman–Crippen LogP) is 9.41. The second kappa shape index (κ2) is 18.1. The Kier molecular flexibility index (Phi) is 17.9. The van der Waals surface area contributed by atoms with Gasteiger partial charge in [0.15, 0.2) is 5.67 Å². The maximum Gasteiger partial charge on any atom is 0.402 e. The molecule has 1 N–H and O–H groups in total. The summed E-state index contributed by atoms with van der Waals surface area (Å²) >= 11 is 0. The molecular weight excluding hydrogens is 437 g/mol. The Bertz CT molecular complexity index is 541. The molecule has 0 bridgehead atoms. The first kappa shape index (κ1) is 31.7. The average Bonchev–Trinajstić information content (AvgIpc) is 2.73. The highest BCUT2D eigenvalue weighted by atomic mass is 32.2. The van der Waals surface area contributed by atoms with Gasteiger partial charge < -0.3 is 0 Å². The summed E-state index contributed by atoms with van der Waals surface area (Å²) in [7, 11) is -5.78. The summed E-state index contributed by atoms with van der Waals surface area (Å²) in [6.07, 6.45) is 18.0. The number of hydrogen-bond donors (Lipinski definition) is 1. The summed E-state index contributed by atoms with van der Waals surface area (Å²) in [6.45, 7) is 4.18. The molecule has 0 rings (SSSR count). The van der Waals surface area contributed by atoms with E-state index in [1.165, 1.54) is 64.2 Å². The van der Waals surface area contributed by atoms with Crippen LogP contribution in [0.15, 0.2) is 0 Å². The zero-order chi connectivity index (χ0) is 24.3. The molecule has 7 heteroatoms. The first-order valence-corrected chi connectivity index (χ1v) is 14.6. The van der Waals surface area contributed by atoms with E-state index in [2.05, 4.69) is 6.92 Å². The number of halogens is 3. The molecule has 0 aliphatic heterocycles. The highest BCUT2D eigenvalue weighted by Crippen LogP contribution is 2.44. The van der Waals surface area contributed by atoms with Gasteiger partial charge in [-0.3, -0.25) is 4.55 Å². The lowest BCUT2D eigenvalue weighted by Crippen LogP contribution is -2.49. The van der Waals surface area contributed by atoms with Crippen molar-refractivity contribution in [3.05, 3.63) is 0 Å². The lowest BCUT2D eigenvalue weighted by Gasteiger charge is -2.31. The molecule has 0 spiro atoms. The van der Waals surface area contributed by atoms with Crippen molar-refractivity contribution in [2.45, 2.75) is 160 Å². The summed E-state index contributed by atoms with van der Waals surface area (Å²) in [5.41, 5.74) is -3.20. The van der Waals surface area contributed by atoms with Gasteiger partial charge in [0.25, 0.3) is 0 Å². The van der Waals surface area contributed by atoms with Gasteiger partial charge in [0.1, 0.15) is 0 Å². The SMILES string of the molecule is CCCCCCCCCCCCCCCCCC(F)(CCCCCC)C(F)(F)S(=O)(=O)O. The molecule has 0 fully saturated rings. The van der Waals surface area contributed by atoms with Gasteiger partial charge >= 0.3 is 15.4 Å². The highest BCUT2D eigenvalue weighted by molar-refractivity contribution is 7.87. The third-order valence-electron chi connectivity index (χ3n) is 6.45. The lowest BCUT2D eigenvalue weighted by atomic mass is 9.91. The third-order valence-corrected chi connectivity index (χ3v) is 7.46. The molecule has 194 valence electrons. The summed E-state index contributed by atoms with van der Waals surface area (Å²) in [5.74, 6) is 0. The third kappa shape index (κ3) is 13.4. The Morgan fingerprint density at radius 2 is 0.781 bits per heavy atom. The van der Waals surface area contributed by atoms with Crippen molar-refractivity contribution in [3.63, 3.8) is 0 Å². The minimum absolute atomic E-state index is 0.189. The maximum absolute atomic E-state index is 15.1. The molecule has 0 saturated heterocycles. The van der Waals surface area contributed by atoms with Crippen molar-refractivity contribution in [3.8, 4) is 0 Å². The minimum atomic E-state index is -5.78. The van der Waals surface area contributed by atoms with Crippen LogP contribution in [0.3, 0.4) is 0 Å². The molecule has 1 atom stereocenters. The zero-order valence-corrected chi connectivity index (χ0v) is 21.5. The van der Waals surface area contributed by atoms with Crippen LogP contribution in [0.2, 0.25) is 0 Å². The summed E-state index contributed by atoms with van der Waals surface area (Å²) in [4.78, 5) is 0. The van der Waals surface area contributed by atoms with Crippen molar-refractivity contribution in [2.24, 2.45) is 0 Å². The minimum Gasteiger partial charge on any atom is -0.281 e. The van der Waals surface area contributed by atoms with E-state index in [1.807, 2.05) is 6.92 Å². The van der Waals surface area contributed by atoms with Crippen molar-refractivity contribution < 1.29 is 26.1 Å². The van der Waals surface area contributed by atoms with Crippen LogP contribution < -0.4 is 0 Å². The number of rotatable bonds is 23. The van der Waals surface area contributed by atoms with E-state index >= 15 is 4.39 Å². The molecule has 0 aliphatic carbocycles. The highest BCUT2D eigenvalue weighted by Gasteiger charge is 2.62. The molecule has 0 aromatic carbocycles. The fraction of sp³-hybridized carbons (Fsp3) is 1.00. The monoisotopic (exact) mass is 486 g/mol. The molecule has 0 aromatic rings. The second-order valence-electron chi connectivity index (χ2n) is 9.47. The van der Waals surface area contributed by atoms with Gasteiger partial charge in [-0.25, -0.2) is 4.39 Å². The molecule has 0 aliphatic rings. The average molecular weight is 487 g/mol. The van der Waals surface area contributed by atoms with E-state index < -0.39 is 33.9 Å². The van der Waals surface area contributed by atoms with Crippen molar-refractivity contribution in [2.75, 3.05) is 0 Å². The lowest BCUT2D eigenvalue weighted by molar-refractivity contribution is -0.0886. The Labute approximate surface area is 196 Å². The van der Waals surface area contributed by atoms with Gasteiger partial charge in [-0.2, -0.15) is 17.2 Å². The molecule has 0 amide bonds. The molecule has 1 unspecified atom stereocenters. The molecule has 0 saturated carbocycles. The smallest absolute Gasteiger partial charge is 0.281 e. The van der Waals surface area contributed by atoms with Crippen molar-refractivity contribution >= 4 is 10.1 Å². The Hall–Kier alpha value is -0.300. The fourth-order valence-corrected chi connectivity index (χ4v) is 4.92. The van der Waals surface area contributed by atoms with Crippen LogP contribution in [0.25, 0.3) is 0 Å². The van der Waals surface area contributed by atoms with Crippen LogP contribution >= 0.6 is 0 Å². The van der Waals surface area contributed by atoms with Crippen molar-refractivity contribution in [1.82, 2.24) is 0 Å². The Balaban J connectivity index is 4.01. The van der Waals surface area contributed by atoms with E-state index in [0.29, 0.717) is 12.8 Å². The Morgan fingerprint density at radius 1 is 0.531 bits per heavy atom. The molecule has 0 radical (unpaired) electrons. The topological polar surface area (TPSA) is 54.4 Å². The van der Waals surface area contributed by atoms with E-state index in [4.69, 9.17) is 4.55 Å².